The first-order valence-electron chi connectivity index (χ1n) is 7.96. The third-order valence-electron chi connectivity index (χ3n) is 4.27. The maximum atomic E-state index is 12.1. The summed E-state index contributed by atoms with van der Waals surface area (Å²) < 4.78 is 0. The summed E-state index contributed by atoms with van der Waals surface area (Å²) in [5.41, 5.74) is 1.37. The number of rotatable bonds is 3. The second-order valence-electron chi connectivity index (χ2n) is 6.32. The minimum Gasteiger partial charge on any atom is -0.393 e. The summed E-state index contributed by atoms with van der Waals surface area (Å²) in [5, 5.41) is 13.8. The van der Waals surface area contributed by atoms with Crippen molar-refractivity contribution in [1.29, 1.82) is 0 Å². The summed E-state index contributed by atoms with van der Waals surface area (Å²) in [6.45, 7) is 0. The summed E-state index contributed by atoms with van der Waals surface area (Å²) in [5.74, 6) is 0.537. The highest BCUT2D eigenvalue weighted by Gasteiger charge is 2.20. The van der Waals surface area contributed by atoms with Gasteiger partial charge in [-0.05, 0) is 37.8 Å². The number of hydrogen-bond acceptors (Lipinski definition) is 5. The molecule has 0 saturated heterocycles. The van der Waals surface area contributed by atoms with E-state index in [1.54, 1.807) is 37.3 Å². The number of nitrogens with zero attached hydrogens (tertiary/aromatic N) is 3. The highest BCUT2D eigenvalue weighted by molar-refractivity contribution is 5.97. The molecule has 0 radical (unpaired) electrons. The van der Waals surface area contributed by atoms with Crippen LogP contribution in [-0.2, 0) is 0 Å². The number of hydrogen-bond donors (Lipinski definition) is 2. The predicted molar refractivity (Wildman–Crippen MR) is 89.4 cm³/mol. The largest absolute Gasteiger partial charge is 0.393 e. The molecular weight excluding hydrogens is 292 g/mol. The van der Waals surface area contributed by atoms with Crippen molar-refractivity contribution in [2.24, 2.45) is 0 Å². The first kappa shape index (κ1) is 15.7. The van der Waals surface area contributed by atoms with E-state index in [0.29, 0.717) is 17.6 Å². The summed E-state index contributed by atoms with van der Waals surface area (Å²) >= 11 is 0. The first-order chi connectivity index (χ1) is 11.0. The Hall–Kier alpha value is -2.21. The van der Waals surface area contributed by atoms with Gasteiger partial charge in [-0.15, -0.1) is 0 Å². The average molecular weight is 314 g/mol. The SMILES string of the molecule is CN(C)C(=O)c1ccc2cnc(N[C@H]3CC[C@H](O)CC3)nc2c1. The van der Waals surface area contributed by atoms with E-state index in [0.717, 1.165) is 36.6 Å². The van der Waals surface area contributed by atoms with Gasteiger partial charge in [0.15, 0.2) is 0 Å². The van der Waals surface area contributed by atoms with Crippen LogP contribution in [0.1, 0.15) is 36.0 Å². The Morgan fingerprint density at radius 2 is 2.00 bits per heavy atom. The van der Waals surface area contributed by atoms with Gasteiger partial charge in [-0.3, -0.25) is 4.79 Å². The van der Waals surface area contributed by atoms with Crippen molar-refractivity contribution < 1.29 is 9.90 Å². The first-order valence-corrected chi connectivity index (χ1v) is 7.96. The molecule has 1 fully saturated rings. The lowest BCUT2D eigenvalue weighted by Gasteiger charge is -2.26. The van der Waals surface area contributed by atoms with Gasteiger partial charge in [0.25, 0.3) is 5.91 Å². The lowest BCUT2D eigenvalue weighted by molar-refractivity contribution is 0.0827. The van der Waals surface area contributed by atoms with Crippen LogP contribution in [0.2, 0.25) is 0 Å². The van der Waals surface area contributed by atoms with Crippen molar-refractivity contribution in [3.63, 3.8) is 0 Å². The number of fused-ring (bicyclic) bond motifs is 1. The van der Waals surface area contributed by atoms with Crippen LogP contribution in [0.3, 0.4) is 0 Å². The van der Waals surface area contributed by atoms with Crippen LogP contribution in [0, 0.1) is 0 Å². The molecule has 1 aromatic carbocycles. The Balaban J connectivity index is 1.81. The van der Waals surface area contributed by atoms with Gasteiger partial charge in [-0.25, -0.2) is 9.97 Å². The number of aliphatic hydroxyl groups is 1. The van der Waals surface area contributed by atoms with E-state index in [1.165, 1.54) is 0 Å². The average Bonchev–Trinajstić information content (AvgIpc) is 2.55. The molecule has 23 heavy (non-hydrogen) atoms. The number of carbonyl (C=O) groups excluding carboxylic acids is 1. The molecule has 6 nitrogen and oxygen atoms in total. The van der Waals surface area contributed by atoms with Crippen LogP contribution in [0.4, 0.5) is 5.95 Å². The molecule has 2 aromatic rings. The van der Waals surface area contributed by atoms with Gasteiger partial charge in [0.2, 0.25) is 5.95 Å². The Kier molecular flexibility index (Phi) is 4.43. The van der Waals surface area contributed by atoms with E-state index < -0.39 is 0 Å². The van der Waals surface area contributed by atoms with Crippen molar-refractivity contribution >= 4 is 22.8 Å². The molecule has 6 heteroatoms. The molecule has 0 aliphatic heterocycles. The zero-order valence-corrected chi connectivity index (χ0v) is 13.5. The monoisotopic (exact) mass is 314 g/mol. The van der Waals surface area contributed by atoms with E-state index >= 15 is 0 Å². The van der Waals surface area contributed by atoms with E-state index in [1.807, 2.05) is 6.07 Å². The number of nitrogens with one attached hydrogen (secondary N) is 1. The van der Waals surface area contributed by atoms with Crippen molar-refractivity contribution in [2.75, 3.05) is 19.4 Å². The number of carbonyl (C=O) groups is 1. The molecule has 2 N–H and O–H groups in total. The van der Waals surface area contributed by atoms with Gasteiger partial charge in [-0.1, -0.05) is 6.07 Å². The molecule has 0 spiro atoms. The summed E-state index contributed by atoms with van der Waals surface area (Å²) in [6, 6.07) is 5.76. The van der Waals surface area contributed by atoms with Crippen LogP contribution in [0.25, 0.3) is 10.9 Å². The van der Waals surface area contributed by atoms with Gasteiger partial charge in [0.1, 0.15) is 0 Å². The van der Waals surface area contributed by atoms with Gasteiger partial charge in [-0.2, -0.15) is 0 Å². The maximum Gasteiger partial charge on any atom is 0.253 e. The fraction of sp³-hybridized carbons (Fsp3) is 0.471. The molecule has 0 atom stereocenters. The smallest absolute Gasteiger partial charge is 0.253 e. The van der Waals surface area contributed by atoms with Crippen LogP contribution >= 0.6 is 0 Å². The number of amides is 1. The number of benzene rings is 1. The topological polar surface area (TPSA) is 78.4 Å². The normalized spacial score (nSPS) is 21.2. The predicted octanol–water partition coefficient (Wildman–Crippen LogP) is 2.05. The third kappa shape index (κ3) is 3.59. The fourth-order valence-corrected chi connectivity index (χ4v) is 2.89. The van der Waals surface area contributed by atoms with Crippen molar-refractivity contribution in [1.82, 2.24) is 14.9 Å². The molecule has 122 valence electrons. The van der Waals surface area contributed by atoms with E-state index in [9.17, 15) is 9.90 Å². The highest BCUT2D eigenvalue weighted by atomic mass is 16.3. The van der Waals surface area contributed by atoms with Crippen LogP contribution in [0.15, 0.2) is 24.4 Å². The zero-order chi connectivity index (χ0) is 16.4. The van der Waals surface area contributed by atoms with Crippen molar-refractivity contribution in [3.8, 4) is 0 Å². The second kappa shape index (κ2) is 6.50. The third-order valence-corrected chi connectivity index (χ3v) is 4.27. The lowest BCUT2D eigenvalue weighted by Crippen LogP contribution is -2.28. The molecule has 1 heterocycles. The van der Waals surface area contributed by atoms with Gasteiger partial charge >= 0.3 is 0 Å². The quantitative estimate of drug-likeness (QED) is 0.906. The Morgan fingerprint density at radius 3 is 2.70 bits per heavy atom. The highest BCUT2D eigenvalue weighted by Crippen LogP contribution is 2.22. The minimum atomic E-state index is -0.176. The van der Waals surface area contributed by atoms with Crippen LogP contribution in [0.5, 0.6) is 0 Å². The molecule has 1 aliphatic carbocycles. The molecule has 0 unspecified atom stereocenters. The van der Waals surface area contributed by atoms with Crippen molar-refractivity contribution in [2.45, 2.75) is 37.8 Å². The summed E-state index contributed by atoms with van der Waals surface area (Å²) in [6.07, 6.45) is 5.06. The Bertz CT molecular complexity index is 709. The van der Waals surface area contributed by atoms with Crippen molar-refractivity contribution in [3.05, 3.63) is 30.0 Å². The molecule has 0 bridgehead atoms. The Labute approximate surface area is 135 Å². The molecule has 1 amide bonds. The number of aliphatic hydroxyl groups excluding tert-OH is 1. The summed E-state index contributed by atoms with van der Waals surface area (Å²) in [7, 11) is 3.47. The van der Waals surface area contributed by atoms with Crippen LogP contribution in [-0.4, -0.2) is 52.1 Å². The maximum absolute atomic E-state index is 12.1. The molecule has 1 aromatic heterocycles. The standard InChI is InChI=1S/C17H22N4O2/c1-21(2)16(23)11-3-4-12-10-18-17(20-15(12)9-11)19-13-5-7-14(22)8-6-13/h3-4,9-10,13-14,22H,5-8H2,1-2H3,(H,18,19,20)/t13-,14-. The molecular formula is C17H22N4O2. The second-order valence-corrected chi connectivity index (χ2v) is 6.32. The lowest BCUT2D eigenvalue weighted by atomic mass is 9.93. The zero-order valence-electron chi connectivity index (χ0n) is 13.5. The van der Waals surface area contributed by atoms with E-state index in [4.69, 9.17) is 0 Å². The molecule has 1 saturated carbocycles. The number of anilines is 1. The van der Waals surface area contributed by atoms with Gasteiger partial charge in [0.05, 0.1) is 11.6 Å². The summed E-state index contributed by atoms with van der Waals surface area (Å²) in [4.78, 5) is 22.5. The fourth-order valence-electron chi connectivity index (χ4n) is 2.89. The molecule has 3 rings (SSSR count). The van der Waals surface area contributed by atoms with Gasteiger partial charge < -0.3 is 15.3 Å². The molecule has 1 aliphatic rings. The minimum absolute atomic E-state index is 0.0405. The number of aromatic nitrogens is 2. The van der Waals surface area contributed by atoms with E-state index in [2.05, 4.69) is 15.3 Å². The van der Waals surface area contributed by atoms with Gasteiger partial charge in [0, 0.05) is 37.3 Å². The Morgan fingerprint density at radius 1 is 1.26 bits per heavy atom. The van der Waals surface area contributed by atoms with E-state index in [-0.39, 0.29) is 12.0 Å². The van der Waals surface area contributed by atoms with Crippen LogP contribution < -0.4 is 5.32 Å².